The Morgan fingerprint density at radius 1 is 1.17 bits per heavy atom. The average molecular weight is 408 g/mol. The van der Waals surface area contributed by atoms with Crippen LogP contribution in [0.5, 0.6) is 0 Å². The van der Waals surface area contributed by atoms with E-state index < -0.39 is 0 Å². The Kier molecular flexibility index (Phi) is 5.87. The number of hydrogen-bond donors (Lipinski definition) is 0. The number of nitrogens with zero attached hydrogens (tertiary/aromatic N) is 6. The van der Waals surface area contributed by atoms with Crippen LogP contribution in [-0.2, 0) is 11.8 Å². The average Bonchev–Trinajstić information content (AvgIpc) is 3.46. The van der Waals surface area contributed by atoms with Crippen molar-refractivity contribution in [3.05, 3.63) is 60.2 Å². The van der Waals surface area contributed by atoms with Gasteiger partial charge in [-0.3, -0.25) is 4.79 Å². The molecule has 3 aromatic rings. The van der Waals surface area contributed by atoms with Crippen LogP contribution in [0.3, 0.4) is 0 Å². The van der Waals surface area contributed by atoms with E-state index >= 15 is 0 Å². The lowest BCUT2D eigenvalue weighted by molar-refractivity contribution is 0.0406. The quantitative estimate of drug-likeness (QED) is 0.581. The molecule has 0 N–H and O–H groups in total. The molecule has 1 saturated heterocycles. The third kappa shape index (κ3) is 4.24. The summed E-state index contributed by atoms with van der Waals surface area (Å²) < 4.78 is 8.83. The zero-order valence-corrected chi connectivity index (χ0v) is 16.8. The van der Waals surface area contributed by atoms with Gasteiger partial charge in [0.1, 0.15) is 12.0 Å². The first-order valence-electron chi connectivity index (χ1n) is 10.1. The second kappa shape index (κ2) is 8.89. The molecule has 1 aromatic carbocycles. The molecule has 1 aliphatic rings. The molecular formula is C21H24N6O3. The van der Waals surface area contributed by atoms with Crippen LogP contribution in [0.4, 0.5) is 0 Å². The number of rotatable bonds is 6. The SMILES string of the molecule is Cn1cccc1C(=O)N1CCCCC1CCOC(=O)c1ccc(-n2cnnn2)cc1. The van der Waals surface area contributed by atoms with E-state index in [0.717, 1.165) is 31.5 Å². The van der Waals surface area contributed by atoms with Gasteiger partial charge >= 0.3 is 5.97 Å². The van der Waals surface area contributed by atoms with Crippen LogP contribution in [0.1, 0.15) is 46.5 Å². The first kappa shape index (κ1) is 19.8. The molecule has 1 unspecified atom stereocenters. The van der Waals surface area contributed by atoms with Crippen molar-refractivity contribution in [2.75, 3.05) is 13.2 Å². The molecule has 156 valence electrons. The summed E-state index contributed by atoms with van der Waals surface area (Å²) in [4.78, 5) is 27.2. The second-order valence-electron chi connectivity index (χ2n) is 7.38. The number of hydrogen-bond acceptors (Lipinski definition) is 6. The lowest BCUT2D eigenvalue weighted by Crippen LogP contribution is -2.44. The Labute approximate surface area is 174 Å². The van der Waals surface area contributed by atoms with Crippen LogP contribution >= 0.6 is 0 Å². The maximum atomic E-state index is 12.9. The van der Waals surface area contributed by atoms with Gasteiger partial charge in [0.2, 0.25) is 0 Å². The van der Waals surface area contributed by atoms with Crippen LogP contribution < -0.4 is 0 Å². The fourth-order valence-electron chi connectivity index (χ4n) is 3.80. The number of ether oxygens (including phenoxy) is 1. The van der Waals surface area contributed by atoms with E-state index in [1.165, 1.54) is 11.0 Å². The number of tetrazole rings is 1. The van der Waals surface area contributed by atoms with E-state index in [1.807, 2.05) is 34.8 Å². The van der Waals surface area contributed by atoms with E-state index in [-0.39, 0.29) is 24.5 Å². The Morgan fingerprint density at radius 2 is 2.00 bits per heavy atom. The van der Waals surface area contributed by atoms with Crippen LogP contribution in [0, 0.1) is 0 Å². The molecule has 1 aliphatic heterocycles. The minimum absolute atomic E-state index is 0.0386. The summed E-state index contributed by atoms with van der Waals surface area (Å²) in [6.45, 7) is 1.01. The lowest BCUT2D eigenvalue weighted by atomic mass is 9.99. The summed E-state index contributed by atoms with van der Waals surface area (Å²) in [6, 6.07) is 10.7. The number of aromatic nitrogens is 5. The predicted molar refractivity (Wildman–Crippen MR) is 108 cm³/mol. The summed E-state index contributed by atoms with van der Waals surface area (Å²) in [7, 11) is 1.87. The molecule has 9 heteroatoms. The second-order valence-corrected chi connectivity index (χ2v) is 7.38. The molecule has 30 heavy (non-hydrogen) atoms. The Bertz CT molecular complexity index is 996. The molecule has 0 bridgehead atoms. The topological polar surface area (TPSA) is 95.1 Å². The lowest BCUT2D eigenvalue weighted by Gasteiger charge is -2.35. The van der Waals surface area contributed by atoms with Gasteiger partial charge in [-0.25, -0.2) is 9.48 Å². The first-order valence-corrected chi connectivity index (χ1v) is 10.1. The van der Waals surface area contributed by atoms with Crippen LogP contribution in [0.2, 0.25) is 0 Å². The van der Waals surface area contributed by atoms with E-state index in [4.69, 9.17) is 4.74 Å². The van der Waals surface area contributed by atoms with Gasteiger partial charge in [0.15, 0.2) is 0 Å². The summed E-state index contributed by atoms with van der Waals surface area (Å²) in [5.74, 6) is -0.342. The van der Waals surface area contributed by atoms with Gasteiger partial charge in [-0.15, -0.1) is 5.10 Å². The molecule has 0 saturated carbocycles. The van der Waals surface area contributed by atoms with Crippen molar-refractivity contribution in [2.24, 2.45) is 7.05 Å². The molecule has 0 spiro atoms. The maximum absolute atomic E-state index is 12.9. The molecule has 3 heterocycles. The molecule has 0 aliphatic carbocycles. The Hall–Kier alpha value is -3.49. The predicted octanol–water partition coefficient (Wildman–Crippen LogP) is 2.24. The highest BCUT2D eigenvalue weighted by Gasteiger charge is 2.28. The smallest absolute Gasteiger partial charge is 0.338 e. The summed E-state index contributed by atoms with van der Waals surface area (Å²) in [5, 5.41) is 11.0. The number of benzene rings is 1. The number of amides is 1. The highest BCUT2D eigenvalue weighted by atomic mass is 16.5. The zero-order chi connectivity index (χ0) is 20.9. The maximum Gasteiger partial charge on any atom is 0.338 e. The van der Waals surface area contributed by atoms with Gasteiger partial charge in [-0.1, -0.05) is 0 Å². The molecular weight excluding hydrogens is 384 g/mol. The number of carbonyl (C=O) groups is 2. The minimum atomic E-state index is -0.380. The van der Waals surface area contributed by atoms with Crippen LogP contribution in [0.25, 0.3) is 5.69 Å². The molecule has 4 rings (SSSR count). The van der Waals surface area contributed by atoms with Crippen molar-refractivity contribution in [1.29, 1.82) is 0 Å². The van der Waals surface area contributed by atoms with E-state index in [2.05, 4.69) is 15.5 Å². The normalized spacial score (nSPS) is 16.4. The van der Waals surface area contributed by atoms with E-state index in [1.54, 1.807) is 24.3 Å². The third-order valence-corrected chi connectivity index (χ3v) is 5.45. The fourth-order valence-corrected chi connectivity index (χ4v) is 3.80. The van der Waals surface area contributed by atoms with Crippen molar-refractivity contribution in [1.82, 2.24) is 29.7 Å². The van der Waals surface area contributed by atoms with Crippen molar-refractivity contribution < 1.29 is 14.3 Å². The van der Waals surface area contributed by atoms with Crippen LogP contribution in [0.15, 0.2) is 48.9 Å². The highest BCUT2D eigenvalue weighted by Crippen LogP contribution is 2.22. The first-order chi connectivity index (χ1) is 14.6. The number of carbonyl (C=O) groups excluding carboxylic acids is 2. The number of piperidine rings is 1. The van der Waals surface area contributed by atoms with Crippen LogP contribution in [-0.4, -0.2) is 60.7 Å². The molecule has 9 nitrogen and oxygen atoms in total. The fraction of sp³-hybridized carbons (Fsp3) is 0.381. The number of aryl methyl sites for hydroxylation is 1. The van der Waals surface area contributed by atoms with Crippen molar-refractivity contribution in [2.45, 2.75) is 31.7 Å². The monoisotopic (exact) mass is 408 g/mol. The molecule has 1 fully saturated rings. The summed E-state index contributed by atoms with van der Waals surface area (Å²) >= 11 is 0. The van der Waals surface area contributed by atoms with E-state index in [9.17, 15) is 9.59 Å². The largest absolute Gasteiger partial charge is 0.462 e. The minimum Gasteiger partial charge on any atom is -0.462 e. The van der Waals surface area contributed by atoms with E-state index in [0.29, 0.717) is 17.7 Å². The van der Waals surface area contributed by atoms with Crippen molar-refractivity contribution >= 4 is 11.9 Å². The Balaban J connectivity index is 1.32. The van der Waals surface area contributed by atoms with Crippen molar-refractivity contribution in [3.8, 4) is 5.69 Å². The number of esters is 1. The van der Waals surface area contributed by atoms with Gasteiger partial charge < -0.3 is 14.2 Å². The molecule has 1 amide bonds. The third-order valence-electron chi connectivity index (χ3n) is 5.45. The van der Waals surface area contributed by atoms with Gasteiger partial charge in [-0.2, -0.15) is 0 Å². The van der Waals surface area contributed by atoms with Gasteiger partial charge in [0.25, 0.3) is 5.91 Å². The standard InChI is InChI=1S/C21H24N6O3/c1-25-12-4-6-19(25)20(28)26-13-3-2-5-17(26)11-14-30-21(29)16-7-9-18(10-8-16)27-15-22-23-24-27/h4,6-10,12,15,17H,2-3,5,11,13-14H2,1H3. The molecule has 0 radical (unpaired) electrons. The molecule has 1 atom stereocenters. The summed E-state index contributed by atoms with van der Waals surface area (Å²) in [6.07, 6.45) is 6.99. The Morgan fingerprint density at radius 3 is 2.70 bits per heavy atom. The molecule has 2 aromatic heterocycles. The van der Waals surface area contributed by atoms with Gasteiger partial charge in [-0.05, 0) is 66.1 Å². The highest BCUT2D eigenvalue weighted by molar-refractivity contribution is 5.93. The zero-order valence-electron chi connectivity index (χ0n) is 16.8. The van der Waals surface area contributed by atoms with Gasteiger partial charge in [0.05, 0.1) is 17.9 Å². The van der Waals surface area contributed by atoms with Crippen molar-refractivity contribution in [3.63, 3.8) is 0 Å². The summed E-state index contributed by atoms with van der Waals surface area (Å²) in [5.41, 5.74) is 1.90. The van der Waals surface area contributed by atoms with Gasteiger partial charge in [0, 0.05) is 32.3 Å². The number of likely N-dealkylation sites (tertiary alicyclic amines) is 1.